The van der Waals surface area contributed by atoms with Gasteiger partial charge in [-0.2, -0.15) is 0 Å². The van der Waals surface area contributed by atoms with Crippen molar-refractivity contribution in [3.05, 3.63) is 36.0 Å². The lowest BCUT2D eigenvalue weighted by atomic mass is 10.1. The van der Waals surface area contributed by atoms with Crippen molar-refractivity contribution >= 4 is 10.9 Å². The van der Waals surface area contributed by atoms with E-state index in [2.05, 4.69) is 36.2 Å². The van der Waals surface area contributed by atoms with Crippen molar-refractivity contribution < 1.29 is 0 Å². The molecule has 0 amide bonds. The molecule has 0 aliphatic rings. The molecule has 0 unspecified atom stereocenters. The Balaban J connectivity index is 2.67. The van der Waals surface area contributed by atoms with Gasteiger partial charge in [0.2, 0.25) is 0 Å². The molecule has 1 N–H and O–H groups in total. The highest BCUT2D eigenvalue weighted by atomic mass is 14.7. The molecule has 11 heavy (non-hydrogen) atoms. The first-order valence-electron chi connectivity index (χ1n) is 3.96. The predicted molar refractivity (Wildman–Crippen MR) is 47.7 cm³/mol. The second-order valence-electron chi connectivity index (χ2n) is 2.75. The van der Waals surface area contributed by atoms with Gasteiger partial charge in [-0.15, -0.1) is 0 Å². The van der Waals surface area contributed by atoms with Crippen LogP contribution in [0, 0.1) is 0 Å². The van der Waals surface area contributed by atoms with E-state index in [4.69, 9.17) is 0 Å². The van der Waals surface area contributed by atoms with Crippen molar-refractivity contribution in [1.29, 1.82) is 0 Å². The summed E-state index contributed by atoms with van der Waals surface area (Å²) in [7, 11) is 0. The third-order valence-corrected chi connectivity index (χ3v) is 2.03. The van der Waals surface area contributed by atoms with Crippen LogP contribution in [0.2, 0.25) is 0 Å². The van der Waals surface area contributed by atoms with E-state index in [0.29, 0.717) is 0 Å². The monoisotopic (exact) mass is 145 g/mol. The highest BCUT2D eigenvalue weighted by molar-refractivity contribution is 5.79. The summed E-state index contributed by atoms with van der Waals surface area (Å²) in [6.45, 7) is 2.17. The van der Waals surface area contributed by atoms with E-state index in [1.807, 2.05) is 6.20 Å². The summed E-state index contributed by atoms with van der Waals surface area (Å²) in [4.78, 5) is 3.17. The number of aromatic nitrogens is 1. The standard InChI is InChI=1S/C10H11N/c1-2-8-3-4-10-9(7-8)5-6-11-10/h3-7,11H,2H2,1H3. The first kappa shape index (κ1) is 6.47. The minimum absolute atomic E-state index is 1.11. The third-order valence-electron chi connectivity index (χ3n) is 2.03. The van der Waals surface area contributed by atoms with Gasteiger partial charge in [-0.3, -0.25) is 0 Å². The zero-order chi connectivity index (χ0) is 7.68. The Morgan fingerprint density at radius 3 is 3.00 bits per heavy atom. The number of fused-ring (bicyclic) bond motifs is 1. The van der Waals surface area contributed by atoms with Gasteiger partial charge in [0.1, 0.15) is 0 Å². The van der Waals surface area contributed by atoms with Gasteiger partial charge >= 0.3 is 0 Å². The van der Waals surface area contributed by atoms with Crippen LogP contribution < -0.4 is 0 Å². The van der Waals surface area contributed by atoms with Crippen LogP contribution in [-0.4, -0.2) is 4.98 Å². The molecule has 0 spiro atoms. The minimum atomic E-state index is 1.11. The number of H-pyrrole nitrogens is 1. The summed E-state index contributed by atoms with van der Waals surface area (Å²) in [6.07, 6.45) is 3.09. The van der Waals surface area contributed by atoms with Crippen LogP contribution in [0.5, 0.6) is 0 Å². The molecule has 0 aliphatic heterocycles. The molecule has 0 radical (unpaired) electrons. The van der Waals surface area contributed by atoms with Crippen molar-refractivity contribution in [2.75, 3.05) is 0 Å². The highest BCUT2D eigenvalue weighted by Gasteiger charge is 1.93. The van der Waals surface area contributed by atoms with E-state index in [1.54, 1.807) is 0 Å². The maximum Gasteiger partial charge on any atom is 0.0454 e. The molecule has 0 aliphatic carbocycles. The minimum Gasteiger partial charge on any atom is -0.361 e. The zero-order valence-electron chi connectivity index (χ0n) is 6.59. The lowest BCUT2D eigenvalue weighted by Gasteiger charge is -1.94. The molecule has 0 saturated heterocycles. The van der Waals surface area contributed by atoms with Crippen LogP contribution in [0.4, 0.5) is 0 Å². The van der Waals surface area contributed by atoms with Crippen molar-refractivity contribution in [3.63, 3.8) is 0 Å². The van der Waals surface area contributed by atoms with Crippen molar-refractivity contribution in [2.24, 2.45) is 0 Å². The van der Waals surface area contributed by atoms with E-state index in [9.17, 15) is 0 Å². The van der Waals surface area contributed by atoms with Crippen LogP contribution >= 0.6 is 0 Å². The molecule has 0 bridgehead atoms. The fourth-order valence-electron chi connectivity index (χ4n) is 1.32. The zero-order valence-corrected chi connectivity index (χ0v) is 6.59. The molecule has 0 fully saturated rings. The predicted octanol–water partition coefficient (Wildman–Crippen LogP) is 2.73. The number of aryl methyl sites for hydroxylation is 1. The van der Waals surface area contributed by atoms with E-state index in [1.165, 1.54) is 16.5 Å². The van der Waals surface area contributed by atoms with E-state index in [-0.39, 0.29) is 0 Å². The number of benzene rings is 1. The Hall–Kier alpha value is -1.24. The maximum atomic E-state index is 3.17. The van der Waals surface area contributed by atoms with Gasteiger partial charge in [-0.05, 0) is 35.6 Å². The van der Waals surface area contributed by atoms with Gasteiger partial charge in [-0.25, -0.2) is 0 Å². The highest BCUT2D eigenvalue weighted by Crippen LogP contribution is 2.14. The second kappa shape index (κ2) is 2.42. The summed E-state index contributed by atoms with van der Waals surface area (Å²) >= 11 is 0. The summed E-state index contributed by atoms with van der Waals surface area (Å²) < 4.78 is 0. The van der Waals surface area contributed by atoms with E-state index in [0.717, 1.165) is 6.42 Å². The molecule has 1 heterocycles. The SMILES string of the molecule is CCc1ccc2[nH]ccc2c1. The molecular formula is C10H11N. The van der Waals surface area contributed by atoms with Gasteiger partial charge in [-0.1, -0.05) is 13.0 Å². The van der Waals surface area contributed by atoms with Crippen LogP contribution in [0.3, 0.4) is 0 Å². The molecular weight excluding hydrogens is 134 g/mol. The van der Waals surface area contributed by atoms with Crippen LogP contribution in [0.1, 0.15) is 12.5 Å². The number of hydrogen-bond acceptors (Lipinski definition) is 0. The average molecular weight is 145 g/mol. The van der Waals surface area contributed by atoms with Gasteiger partial charge in [0.05, 0.1) is 0 Å². The summed E-state index contributed by atoms with van der Waals surface area (Å²) in [5.41, 5.74) is 2.62. The van der Waals surface area contributed by atoms with Crippen molar-refractivity contribution in [3.8, 4) is 0 Å². The summed E-state index contributed by atoms with van der Waals surface area (Å²) in [5.74, 6) is 0. The lowest BCUT2D eigenvalue weighted by Crippen LogP contribution is -1.77. The van der Waals surface area contributed by atoms with Crippen LogP contribution in [0.25, 0.3) is 10.9 Å². The number of aromatic amines is 1. The Bertz CT molecular complexity index is 360. The average Bonchev–Trinajstić information content (AvgIpc) is 2.50. The lowest BCUT2D eigenvalue weighted by molar-refractivity contribution is 1.15. The number of nitrogens with one attached hydrogen (secondary N) is 1. The molecule has 0 atom stereocenters. The van der Waals surface area contributed by atoms with Crippen LogP contribution in [-0.2, 0) is 6.42 Å². The second-order valence-corrected chi connectivity index (χ2v) is 2.75. The number of rotatable bonds is 1. The molecule has 1 nitrogen and oxygen atoms in total. The fourth-order valence-corrected chi connectivity index (χ4v) is 1.32. The maximum absolute atomic E-state index is 3.17. The Morgan fingerprint density at radius 2 is 2.18 bits per heavy atom. The van der Waals surface area contributed by atoms with Gasteiger partial charge < -0.3 is 4.98 Å². The molecule has 1 heteroatoms. The molecule has 1 aromatic carbocycles. The molecule has 0 saturated carbocycles. The van der Waals surface area contributed by atoms with Gasteiger partial charge in [0.15, 0.2) is 0 Å². The van der Waals surface area contributed by atoms with E-state index < -0.39 is 0 Å². The molecule has 56 valence electrons. The number of hydrogen-bond donors (Lipinski definition) is 1. The summed E-state index contributed by atoms with van der Waals surface area (Å²) in [5, 5.41) is 1.31. The first-order valence-corrected chi connectivity index (χ1v) is 3.96. The Labute approximate surface area is 66.1 Å². The fraction of sp³-hybridized carbons (Fsp3) is 0.200. The smallest absolute Gasteiger partial charge is 0.0454 e. The molecule has 2 rings (SSSR count). The van der Waals surface area contributed by atoms with Crippen molar-refractivity contribution in [2.45, 2.75) is 13.3 Å². The van der Waals surface area contributed by atoms with Gasteiger partial charge in [0.25, 0.3) is 0 Å². The molecule has 2 aromatic rings. The van der Waals surface area contributed by atoms with Crippen molar-refractivity contribution in [1.82, 2.24) is 4.98 Å². The topological polar surface area (TPSA) is 15.8 Å². The van der Waals surface area contributed by atoms with Crippen LogP contribution in [0.15, 0.2) is 30.5 Å². The largest absolute Gasteiger partial charge is 0.361 e. The Morgan fingerprint density at radius 1 is 1.27 bits per heavy atom. The molecule has 1 aromatic heterocycles. The Kier molecular flexibility index (Phi) is 1.42. The van der Waals surface area contributed by atoms with E-state index >= 15 is 0 Å². The third kappa shape index (κ3) is 1.03. The van der Waals surface area contributed by atoms with Gasteiger partial charge in [0, 0.05) is 11.7 Å². The first-order chi connectivity index (χ1) is 5.40. The quantitative estimate of drug-likeness (QED) is 0.635. The summed E-state index contributed by atoms with van der Waals surface area (Å²) in [6, 6.07) is 8.63. The normalized spacial score (nSPS) is 10.6.